The highest BCUT2D eigenvalue weighted by Crippen LogP contribution is 2.24. The van der Waals surface area contributed by atoms with Crippen LogP contribution in [0.4, 0.5) is 5.00 Å². The SMILES string of the molecule is CCNC(=NCCN1CCS(=O)(=O)CC1)NC1CCN(c2cccs2)CC1. The van der Waals surface area contributed by atoms with Crippen molar-refractivity contribution in [1.29, 1.82) is 0 Å². The van der Waals surface area contributed by atoms with Crippen LogP contribution in [0.1, 0.15) is 19.8 Å². The Kier molecular flexibility index (Phi) is 7.37. The van der Waals surface area contributed by atoms with E-state index in [1.165, 1.54) is 5.00 Å². The van der Waals surface area contributed by atoms with Crippen LogP contribution in [0, 0.1) is 0 Å². The first-order chi connectivity index (χ1) is 13.1. The number of piperidine rings is 1. The fraction of sp³-hybridized carbons (Fsp3) is 0.722. The van der Waals surface area contributed by atoms with Crippen LogP contribution < -0.4 is 15.5 Å². The zero-order chi connectivity index (χ0) is 19.1. The lowest BCUT2D eigenvalue weighted by Gasteiger charge is -2.33. The van der Waals surface area contributed by atoms with Crippen LogP contribution in [0.3, 0.4) is 0 Å². The third-order valence-corrected chi connectivity index (χ3v) is 7.66. The second kappa shape index (κ2) is 9.75. The average Bonchev–Trinajstić information content (AvgIpc) is 3.18. The van der Waals surface area contributed by atoms with Crippen LogP contribution in [0.25, 0.3) is 0 Å². The number of hydrogen-bond donors (Lipinski definition) is 2. The first-order valence-electron chi connectivity index (χ1n) is 9.82. The number of nitrogens with one attached hydrogen (secondary N) is 2. The van der Waals surface area contributed by atoms with Gasteiger partial charge in [-0.3, -0.25) is 9.89 Å². The largest absolute Gasteiger partial charge is 0.363 e. The van der Waals surface area contributed by atoms with E-state index in [1.54, 1.807) is 11.3 Å². The lowest BCUT2D eigenvalue weighted by Crippen LogP contribution is -2.49. The Labute approximate surface area is 166 Å². The number of anilines is 1. The van der Waals surface area contributed by atoms with E-state index in [1.807, 2.05) is 0 Å². The second-order valence-corrected chi connectivity index (χ2v) is 10.3. The molecule has 0 aromatic carbocycles. The summed E-state index contributed by atoms with van der Waals surface area (Å²) in [5.41, 5.74) is 0. The van der Waals surface area contributed by atoms with Gasteiger partial charge in [0.2, 0.25) is 0 Å². The van der Waals surface area contributed by atoms with Crippen molar-refractivity contribution in [3.8, 4) is 0 Å². The summed E-state index contributed by atoms with van der Waals surface area (Å²) in [4.78, 5) is 9.34. The van der Waals surface area contributed by atoms with Gasteiger partial charge in [0.15, 0.2) is 15.8 Å². The number of hydrogen-bond acceptors (Lipinski definition) is 6. The summed E-state index contributed by atoms with van der Waals surface area (Å²) in [5, 5.41) is 10.4. The van der Waals surface area contributed by atoms with Crippen molar-refractivity contribution in [3.05, 3.63) is 17.5 Å². The lowest BCUT2D eigenvalue weighted by atomic mass is 10.1. The van der Waals surface area contributed by atoms with Gasteiger partial charge in [0.25, 0.3) is 0 Å². The predicted octanol–water partition coefficient (Wildman–Crippen LogP) is 1.00. The third kappa shape index (κ3) is 6.36. The zero-order valence-electron chi connectivity index (χ0n) is 16.1. The van der Waals surface area contributed by atoms with Crippen molar-refractivity contribution < 1.29 is 8.42 Å². The fourth-order valence-corrected chi connectivity index (χ4v) is 5.55. The summed E-state index contributed by atoms with van der Waals surface area (Å²) in [6.45, 7) is 7.80. The van der Waals surface area contributed by atoms with Gasteiger partial charge >= 0.3 is 0 Å². The molecular formula is C18H31N5O2S2. The number of rotatable bonds is 6. The highest BCUT2D eigenvalue weighted by molar-refractivity contribution is 7.91. The molecule has 0 amide bonds. The van der Waals surface area contributed by atoms with Gasteiger partial charge < -0.3 is 15.5 Å². The summed E-state index contributed by atoms with van der Waals surface area (Å²) >= 11 is 1.80. The molecule has 1 aromatic rings. The normalized spacial score (nSPS) is 22.0. The zero-order valence-corrected chi connectivity index (χ0v) is 17.7. The van der Waals surface area contributed by atoms with Gasteiger partial charge in [0, 0.05) is 45.3 Å². The van der Waals surface area contributed by atoms with Gasteiger partial charge in [0.05, 0.1) is 23.1 Å². The van der Waals surface area contributed by atoms with Crippen molar-refractivity contribution in [2.24, 2.45) is 4.99 Å². The molecule has 0 saturated carbocycles. The number of thiophene rings is 1. The molecule has 3 heterocycles. The van der Waals surface area contributed by atoms with E-state index in [0.717, 1.165) is 45.0 Å². The van der Waals surface area contributed by atoms with Crippen LogP contribution in [0.2, 0.25) is 0 Å². The van der Waals surface area contributed by atoms with Crippen LogP contribution in [-0.2, 0) is 9.84 Å². The molecule has 9 heteroatoms. The lowest BCUT2D eigenvalue weighted by molar-refractivity contribution is 0.304. The number of guanidine groups is 1. The summed E-state index contributed by atoms with van der Waals surface area (Å²) in [6.07, 6.45) is 2.21. The number of aliphatic imine (C=N–C) groups is 1. The van der Waals surface area contributed by atoms with Crippen molar-refractivity contribution in [2.75, 3.05) is 62.2 Å². The molecule has 152 valence electrons. The maximum atomic E-state index is 11.5. The van der Waals surface area contributed by atoms with E-state index in [2.05, 4.69) is 44.9 Å². The molecule has 2 fully saturated rings. The van der Waals surface area contributed by atoms with Crippen molar-refractivity contribution >= 4 is 32.1 Å². The van der Waals surface area contributed by atoms with E-state index < -0.39 is 9.84 Å². The van der Waals surface area contributed by atoms with E-state index in [4.69, 9.17) is 4.99 Å². The molecule has 0 aliphatic carbocycles. The van der Waals surface area contributed by atoms with Crippen LogP contribution >= 0.6 is 11.3 Å². The van der Waals surface area contributed by atoms with E-state index in [0.29, 0.717) is 25.7 Å². The van der Waals surface area contributed by atoms with Crippen LogP contribution in [-0.4, -0.2) is 82.6 Å². The third-order valence-electron chi connectivity index (χ3n) is 5.12. The van der Waals surface area contributed by atoms with E-state index in [-0.39, 0.29) is 11.5 Å². The molecule has 2 aliphatic heterocycles. The Balaban J connectivity index is 1.42. The van der Waals surface area contributed by atoms with Gasteiger partial charge in [-0.15, -0.1) is 11.3 Å². The summed E-state index contributed by atoms with van der Waals surface area (Å²) in [6, 6.07) is 4.74. The summed E-state index contributed by atoms with van der Waals surface area (Å²) in [7, 11) is -2.81. The average molecular weight is 414 g/mol. The van der Waals surface area contributed by atoms with Crippen LogP contribution in [0.15, 0.2) is 22.5 Å². The molecule has 3 rings (SSSR count). The van der Waals surface area contributed by atoms with Gasteiger partial charge in [-0.1, -0.05) is 0 Å². The Morgan fingerprint density at radius 3 is 2.63 bits per heavy atom. The standard InChI is InChI=1S/C18H31N5O2S2/c1-2-19-18(20-7-10-22-11-14-27(24,25)15-12-22)21-16-5-8-23(9-6-16)17-4-3-13-26-17/h3-4,13,16H,2,5-12,14-15H2,1H3,(H2,19,20,21). The van der Waals surface area contributed by atoms with E-state index in [9.17, 15) is 8.42 Å². The molecule has 0 bridgehead atoms. The van der Waals surface area contributed by atoms with Crippen molar-refractivity contribution in [1.82, 2.24) is 15.5 Å². The molecule has 0 radical (unpaired) electrons. The molecule has 7 nitrogen and oxygen atoms in total. The van der Waals surface area contributed by atoms with Gasteiger partial charge in [0.1, 0.15) is 0 Å². The molecular weight excluding hydrogens is 382 g/mol. The number of sulfone groups is 1. The minimum Gasteiger partial charge on any atom is -0.363 e. The summed E-state index contributed by atoms with van der Waals surface area (Å²) in [5.74, 6) is 1.42. The Morgan fingerprint density at radius 2 is 2.00 bits per heavy atom. The Morgan fingerprint density at radius 1 is 1.26 bits per heavy atom. The van der Waals surface area contributed by atoms with Gasteiger partial charge in [-0.2, -0.15) is 0 Å². The first kappa shape index (κ1) is 20.4. The quantitative estimate of drug-likeness (QED) is 0.535. The minimum absolute atomic E-state index is 0.276. The highest BCUT2D eigenvalue weighted by Gasteiger charge is 2.22. The molecule has 2 aliphatic rings. The van der Waals surface area contributed by atoms with E-state index >= 15 is 0 Å². The second-order valence-electron chi connectivity index (χ2n) is 7.11. The molecule has 0 atom stereocenters. The first-order valence-corrected chi connectivity index (χ1v) is 12.5. The monoisotopic (exact) mass is 413 g/mol. The van der Waals surface area contributed by atoms with Crippen LogP contribution in [0.5, 0.6) is 0 Å². The highest BCUT2D eigenvalue weighted by atomic mass is 32.2. The Hall–Kier alpha value is -1.32. The molecule has 1 aromatic heterocycles. The molecule has 2 saturated heterocycles. The maximum absolute atomic E-state index is 11.5. The number of nitrogens with zero attached hydrogens (tertiary/aromatic N) is 3. The topological polar surface area (TPSA) is 77.0 Å². The van der Waals surface area contributed by atoms with Crippen molar-refractivity contribution in [3.63, 3.8) is 0 Å². The smallest absolute Gasteiger partial charge is 0.191 e. The minimum atomic E-state index is -2.81. The maximum Gasteiger partial charge on any atom is 0.191 e. The van der Waals surface area contributed by atoms with Crippen molar-refractivity contribution in [2.45, 2.75) is 25.8 Å². The molecule has 2 N–H and O–H groups in total. The predicted molar refractivity (Wildman–Crippen MR) is 114 cm³/mol. The Bertz CT molecular complexity index is 683. The molecule has 0 unspecified atom stereocenters. The van der Waals surface area contributed by atoms with Gasteiger partial charge in [-0.25, -0.2) is 8.42 Å². The van der Waals surface area contributed by atoms with Gasteiger partial charge in [-0.05, 0) is 37.3 Å². The molecule has 0 spiro atoms. The fourth-order valence-electron chi connectivity index (χ4n) is 3.48. The molecule has 27 heavy (non-hydrogen) atoms. The summed E-state index contributed by atoms with van der Waals surface area (Å²) < 4.78 is 23.0.